The van der Waals surface area contributed by atoms with Crippen molar-refractivity contribution in [2.45, 2.75) is 110 Å². The van der Waals surface area contributed by atoms with Gasteiger partial charge in [0.1, 0.15) is 18.2 Å². The first-order valence-electron chi connectivity index (χ1n) is 14.4. The summed E-state index contributed by atoms with van der Waals surface area (Å²) in [5.74, 6) is -1.66. The predicted molar refractivity (Wildman–Crippen MR) is 157 cm³/mol. The Morgan fingerprint density at radius 3 is 2.36 bits per heavy atom. The maximum absolute atomic E-state index is 13.6. The predicted octanol–water partition coefficient (Wildman–Crippen LogP) is 5.02. The first-order chi connectivity index (χ1) is 19.5. The van der Waals surface area contributed by atoms with E-state index in [1.807, 2.05) is 58.0 Å². The van der Waals surface area contributed by atoms with E-state index in [2.05, 4.69) is 15.3 Å². The number of rotatable bonds is 10. The Hall–Kier alpha value is -3.28. The number of carbonyl (C=O) groups excluding carboxylic acids is 3. The van der Waals surface area contributed by atoms with E-state index in [-0.39, 0.29) is 19.7 Å². The summed E-state index contributed by atoms with van der Waals surface area (Å²) in [6.45, 7) is 14.6. The number of nitrogens with one attached hydrogen (secondary N) is 1. The van der Waals surface area contributed by atoms with Gasteiger partial charge in [0.05, 0.1) is 11.2 Å². The minimum atomic E-state index is -1.64. The highest BCUT2D eigenvalue weighted by Crippen LogP contribution is 2.40. The largest absolute Gasteiger partial charge is 0.460 e. The van der Waals surface area contributed by atoms with Crippen molar-refractivity contribution in [3.63, 3.8) is 0 Å². The Morgan fingerprint density at radius 2 is 1.79 bits per heavy atom. The zero-order chi connectivity index (χ0) is 31.3. The smallest absolute Gasteiger partial charge is 0.457 e. The van der Waals surface area contributed by atoms with E-state index in [4.69, 9.17) is 18.8 Å². The van der Waals surface area contributed by atoms with Gasteiger partial charge in [0.25, 0.3) is 0 Å². The van der Waals surface area contributed by atoms with Crippen LogP contribution in [0.1, 0.15) is 73.8 Å². The quantitative estimate of drug-likeness (QED) is 0.133. The highest BCUT2D eigenvalue weighted by Gasteiger charge is 2.55. The maximum atomic E-state index is 13.6. The molecule has 2 unspecified atom stereocenters. The van der Waals surface area contributed by atoms with E-state index in [1.54, 1.807) is 27.7 Å². The van der Waals surface area contributed by atoms with Crippen molar-refractivity contribution in [3.8, 4) is 0 Å². The molecule has 0 aliphatic carbocycles. The summed E-state index contributed by atoms with van der Waals surface area (Å²) < 4.78 is 23.2. The van der Waals surface area contributed by atoms with Crippen molar-refractivity contribution in [1.29, 1.82) is 0 Å². The third-order valence-corrected chi connectivity index (χ3v) is 8.05. The number of hydrogen-bond acceptors (Lipinski definition) is 8. The van der Waals surface area contributed by atoms with Crippen molar-refractivity contribution in [1.82, 2.24) is 10.2 Å². The summed E-state index contributed by atoms with van der Waals surface area (Å²) >= 11 is 0. The molecule has 3 atom stereocenters. The van der Waals surface area contributed by atoms with Crippen LogP contribution in [0.25, 0.3) is 10.4 Å². The number of ether oxygens (including phenoxy) is 2. The average molecular weight is 586 g/mol. The van der Waals surface area contributed by atoms with E-state index >= 15 is 0 Å². The van der Waals surface area contributed by atoms with Gasteiger partial charge in [-0.1, -0.05) is 41.9 Å². The Balaban J connectivity index is 1.77. The van der Waals surface area contributed by atoms with Crippen LogP contribution >= 0.6 is 0 Å². The van der Waals surface area contributed by atoms with Crippen LogP contribution in [0.4, 0.5) is 4.79 Å². The molecule has 1 aromatic rings. The molecule has 0 spiro atoms. The molecule has 0 radical (unpaired) electrons. The number of azide groups is 1. The molecule has 2 saturated heterocycles. The van der Waals surface area contributed by atoms with Gasteiger partial charge in [-0.15, -0.1) is 0 Å². The van der Waals surface area contributed by atoms with Crippen LogP contribution in [0, 0.1) is 5.92 Å². The van der Waals surface area contributed by atoms with Gasteiger partial charge in [0, 0.05) is 23.9 Å². The zero-order valence-electron chi connectivity index (χ0n) is 26.0. The molecule has 2 amide bonds. The molecular weight excluding hydrogens is 541 g/mol. The van der Waals surface area contributed by atoms with Gasteiger partial charge in [-0.05, 0) is 79.2 Å². The molecule has 0 bridgehead atoms. The summed E-state index contributed by atoms with van der Waals surface area (Å²) in [7, 11) is -0.425. The Labute approximate surface area is 248 Å². The molecule has 230 valence electrons. The summed E-state index contributed by atoms with van der Waals surface area (Å²) in [4.78, 5) is 43.8. The molecule has 12 nitrogen and oxygen atoms in total. The molecule has 1 N–H and O–H groups in total. The topological polar surface area (TPSA) is 152 Å². The van der Waals surface area contributed by atoms with Gasteiger partial charge in [0.15, 0.2) is 5.54 Å². The van der Waals surface area contributed by atoms with Crippen molar-refractivity contribution < 1.29 is 33.2 Å². The van der Waals surface area contributed by atoms with Crippen LogP contribution in [0.15, 0.2) is 35.4 Å². The van der Waals surface area contributed by atoms with Crippen LogP contribution < -0.4 is 5.32 Å². The van der Waals surface area contributed by atoms with Gasteiger partial charge in [-0.3, -0.25) is 9.59 Å². The van der Waals surface area contributed by atoms with Crippen molar-refractivity contribution in [2.75, 3.05) is 13.1 Å². The Morgan fingerprint density at radius 1 is 1.17 bits per heavy atom. The molecule has 2 fully saturated rings. The Kier molecular flexibility index (Phi) is 10.2. The molecule has 2 aliphatic rings. The lowest BCUT2D eigenvalue weighted by molar-refractivity contribution is -0.152. The normalized spacial score (nSPS) is 23.6. The van der Waals surface area contributed by atoms with E-state index < -0.39 is 59.4 Å². The van der Waals surface area contributed by atoms with E-state index in [0.29, 0.717) is 19.2 Å². The first-order valence-corrected chi connectivity index (χ1v) is 14.4. The average Bonchev–Trinajstić information content (AvgIpc) is 3.34. The number of likely N-dealkylation sites (tertiary alicyclic amines) is 1. The van der Waals surface area contributed by atoms with Crippen molar-refractivity contribution in [2.24, 2.45) is 11.0 Å². The summed E-state index contributed by atoms with van der Waals surface area (Å²) in [5, 5.41) is 6.54. The summed E-state index contributed by atoms with van der Waals surface area (Å²) in [6.07, 6.45) is 0.856. The van der Waals surface area contributed by atoms with Gasteiger partial charge >= 0.3 is 19.2 Å². The molecular formula is C29H44BN5O7. The number of alkyl carbamates (subject to hydrolysis) is 1. The van der Waals surface area contributed by atoms with Gasteiger partial charge in [-0.2, -0.15) is 0 Å². The number of esters is 1. The second-order valence-corrected chi connectivity index (χ2v) is 13.1. The van der Waals surface area contributed by atoms with Crippen molar-refractivity contribution >= 4 is 25.1 Å². The van der Waals surface area contributed by atoms with Crippen LogP contribution in [0.2, 0.25) is 6.32 Å². The van der Waals surface area contributed by atoms with Crippen LogP contribution in [-0.4, -0.2) is 71.5 Å². The third-order valence-electron chi connectivity index (χ3n) is 8.05. The number of benzene rings is 1. The fraction of sp³-hybridized carbons (Fsp3) is 0.690. The fourth-order valence-corrected chi connectivity index (χ4v) is 5.15. The van der Waals surface area contributed by atoms with Gasteiger partial charge in [-0.25, -0.2) is 4.79 Å². The molecule has 3 rings (SSSR count). The number of hydrogen-bond donors (Lipinski definition) is 1. The number of amides is 2. The molecule has 0 saturated carbocycles. The minimum absolute atomic E-state index is 0.00639. The lowest BCUT2D eigenvalue weighted by Crippen LogP contribution is -2.49. The Bertz CT molecular complexity index is 1170. The monoisotopic (exact) mass is 585 g/mol. The number of nitrogens with zero attached hydrogens (tertiary/aromatic N) is 4. The standard InChI is InChI=1S/C29H44BN5O7/c1-20(32-25(38)40-26(2,3)4)23(36)35-17-22(15-12-16-30-41-27(5,6)28(7,8)42-30)29(19-35,33-34-31)24(37)39-18-21-13-10-9-11-14-21/h9-11,13-14,20,22H,12,15-19H2,1-8H3,(H,32,38)/t20-,22?,29?/m0/s1. The highest BCUT2D eigenvalue weighted by molar-refractivity contribution is 6.45. The van der Waals surface area contributed by atoms with E-state index in [9.17, 15) is 19.9 Å². The minimum Gasteiger partial charge on any atom is -0.460 e. The van der Waals surface area contributed by atoms with Crippen molar-refractivity contribution in [3.05, 3.63) is 46.3 Å². The molecule has 2 aliphatic heterocycles. The maximum Gasteiger partial charge on any atom is 0.457 e. The van der Waals surface area contributed by atoms with Crippen LogP contribution in [0.3, 0.4) is 0 Å². The van der Waals surface area contributed by atoms with E-state index in [1.165, 1.54) is 4.90 Å². The zero-order valence-corrected chi connectivity index (χ0v) is 26.0. The summed E-state index contributed by atoms with van der Waals surface area (Å²) in [6, 6.07) is 8.23. The molecule has 0 aromatic heterocycles. The molecule has 42 heavy (non-hydrogen) atoms. The summed E-state index contributed by atoms with van der Waals surface area (Å²) in [5.41, 5.74) is 7.02. The van der Waals surface area contributed by atoms with Gasteiger partial charge in [0.2, 0.25) is 5.91 Å². The first kappa shape index (κ1) is 33.2. The van der Waals surface area contributed by atoms with E-state index in [0.717, 1.165) is 5.56 Å². The molecule has 1 aromatic carbocycles. The fourth-order valence-electron chi connectivity index (χ4n) is 5.15. The van der Waals surface area contributed by atoms with Crippen LogP contribution in [0.5, 0.6) is 0 Å². The SMILES string of the molecule is C[C@H](NC(=O)OC(C)(C)C)C(=O)N1CC(CCCB2OC(C)(C)C(C)(C)O2)C(N=[N+]=[N-])(C(=O)OCc2ccccc2)C1. The lowest BCUT2D eigenvalue weighted by Gasteiger charge is -2.32. The van der Waals surface area contributed by atoms with Gasteiger partial charge < -0.3 is 29.0 Å². The molecule has 2 heterocycles. The third kappa shape index (κ3) is 7.96. The highest BCUT2D eigenvalue weighted by atomic mass is 16.7. The molecule has 13 heteroatoms. The second kappa shape index (κ2) is 12.9. The number of carbonyl (C=O) groups is 3. The van der Waals surface area contributed by atoms with Crippen LogP contribution in [-0.2, 0) is 35.0 Å². The lowest BCUT2D eigenvalue weighted by atomic mass is 9.78. The second-order valence-electron chi connectivity index (χ2n) is 13.1.